The van der Waals surface area contributed by atoms with Crippen molar-refractivity contribution in [3.63, 3.8) is 0 Å². The molecule has 1 N–H and O–H groups in total. The molecule has 0 unspecified atom stereocenters. The Labute approximate surface area is 182 Å². The minimum Gasteiger partial charge on any atom is -0.320 e. The van der Waals surface area contributed by atoms with Gasteiger partial charge in [-0.1, -0.05) is 17.7 Å². The summed E-state index contributed by atoms with van der Waals surface area (Å²) >= 11 is 6.12. The molecule has 32 heavy (non-hydrogen) atoms. The van der Waals surface area contributed by atoms with Gasteiger partial charge in [-0.05, 0) is 25.1 Å². The normalized spacial score (nSPS) is 11.6. The van der Waals surface area contributed by atoms with E-state index in [1.807, 2.05) is 0 Å². The van der Waals surface area contributed by atoms with Crippen molar-refractivity contribution in [1.82, 2.24) is 29.8 Å². The molecule has 4 rings (SSSR count). The summed E-state index contributed by atoms with van der Waals surface area (Å²) in [5.74, 6) is -1.63. The maximum atomic E-state index is 13.9. The lowest BCUT2D eigenvalue weighted by Gasteiger charge is -2.14. The summed E-state index contributed by atoms with van der Waals surface area (Å²) in [5, 5.41) is 13.8. The number of rotatable bonds is 4. The summed E-state index contributed by atoms with van der Waals surface area (Å²) in [6, 6.07) is 4.93. The number of aromatic nitrogens is 6. The summed E-state index contributed by atoms with van der Waals surface area (Å²) in [5.41, 5.74) is -2.25. The van der Waals surface area contributed by atoms with Crippen LogP contribution in [0.15, 0.2) is 49.1 Å². The molecule has 0 fully saturated rings. The first-order chi connectivity index (χ1) is 15.2. The minimum absolute atomic E-state index is 0.0405. The molecule has 1 aromatic carbocycles. The highest BCUT2D eigenvalue weighted by Crippen LogP contribution is 2.35. The molecule has 13 heteroatoms. The first-order valence-electron chi connectivity index (χ1n) is 8.91. The van der Waals surface area contributed by atoms with Crippen LogP contribution in [-0.2, 0) is 6.18 Å². The smallest absolute Gasteiger partial charge is 0.320 e. The van der Waals surface area contributed by atoms with Crippen LogP contribution >= 0.6 is 11.6 Å². The van der Waals surface area contributed by atoms with Gasteiger partial charge in [0, 0.05) is 5.56 Å². The fraction of sp³-hybridized carbons (Fsp3) is 0.105. The van der Waals surface area contributed by atoms with Crippen molar-refractivity contribution in [2.75, 3.05) is 5.32 Å². The van der Waals surface area contributed by atoms with Gasteiger partial charge in [-0.3, -0.25) is 4.79 Å². The van der Waals surface area contributed by atoms with E-state index in [9.17, 15) is 22.4 Å². The zero-order valence-electron chi connectivity index (χ0n) is 16.1. The van der Waals surface area contributed by atoms with Crippen LogP contribution in [0, 0.1) is 12.7 Å². The van der Waals surface area contributed by atoms with Gasteiger partial charge in [0.05, 0.1) is 46.7 Å². The van der Waals surface area contributed by atoms with E-state index in [0.717, 1.165) is 17.1 Å². The molecule has 0 saturated carbocycles. The Kier molecular flexibility index (Phi) is 5.38. The monoisotopic (exact) mass is 465 g/mol. The predicted molar refractivity (Wildman–Crippen MR) is 105 cm³/mol. The van der Waals surface area contributed by atoms with Crippen molar-refractivity contribution in [1.29, 1.82) is 0 Å². The molecule has 4 aromatic rings. The molecule has 0 aliphatic rings. The number of carbonyl (C=O) groups excluding carboxylic acids is 1. The molecule has 0 atom stereocenters. The summed E-state index contributed by atoms with van der Waals surface area (Å²) in [6.45, 7) is 1.32. The van der Waals surface area contributed by atoms with Gasteiger partial charge in [0.15, 0.2) is 11.5 Å². The third kappa shape index (κ3) is 3.91. The van der Waals surface area contributed by atoms with Crippen molar-refractivity contribution in [3.05, 3.63) is 76.7 Å². The van der Waals surface area contributed by atoms with Crippen molar-refractivity contribution < 1.29 is 22.4 Å². The predicted octanol–water partition coefficient (Wildman–Crippen LogP) is 4.22. The number of hydrogen-bond donors (Lipinski definition) is 1. The van der Waals surface area contributed by atoms with Crippen LogP contribution in [0.2, 0.25) is 5.02 Å². The number of nitrogens with zero attached hydrogens (tertiary/aromatic N) is 6. The summed E-state index contributed by atoms with van der Waals surface area (Å²) < 4.78 is 55.9. The average Bonchev–Trinajstić information content (AvgIpc) is 3.40. The number of hydrogen-bond acceptors (Lipinski definition) is 5. The van der Waals surface area contributed by atoms with Gasteiger partial charge in [-0.15, -0.1) is 4.80 Å². The molecule has 0 radical (unpaired) electrons. The van der Waals surface area contributed by atoms with Crippen LogP contribution in [0.1, 0.15) is 21.6 Å². The van der Waals surface area contributed by atoms with Crippen LogP contribution in [0.25, 0.3) is 11.5 Å². The quantitative estimate of drug-likeness (QED) is 0.456. The van der Waals surface area contributed by atoms with Gasteiger partial charge >= 0.3 is 6.18 Å². The van der Waals surface area contributed by atoms with Crippen LogP contribution in [0.5, 0.6) is 0 Å². The largest absolute Gasteiger partial charge is 0.434 e. The number of carbonyl (C=O) groups is 1. The minimum atomic E-state index is -4.95. The van der Waals surface area contributed by atoms with Gasteiger partial charge < -0.3 is 5.32 Å². The van der Waals surface area contributed by atoms with E-state index in [0.29, 0.717) is 4.68 Å². The maximum absolute atomic E-state index is 13.9. The molecule has 8 nitrogen and oxygen atoms in total. The van der Waals surface area contributed by atoms with E-state index < -0.39 is 29.2 Å². The average molecular weight is 466 g/mol. The fourth-order valence-electron chi connectivity index (χ4n) is 2.97. The SMILES string of the molecule is Cc1c(F)cccc1-n1ncc(C(=O)Nc2cnc(-n3nccn3)c(Cl)c2)c1C(F)(F)F. The highest BCUT2D eigenvalue weighted by molar-refractivity contribution is 6.32. The Balaban J connectivity index is 1.70. The fourth-order valence-corrected chi connectivity index (χ4v) is 3.21. The Morgan fingerprint density at radius 1 is 1.12 bits per heavy atom. The highest BCUT2D eigenvalue weighted by Gasteiger charge is 2.41. The topological polar surface area (TPSA) is 90.5 Å². The van der Waals surface area contributed by atoms with Gasteiger partial charge in [-0.2, -0.15) is 28.5 Å². The number of pyridine rings is 1. The number of amides is 1. The van der Waals surface area contributed by atoms with Crippen LogP contribution < -0.4 is 5.32 Å². The van der Waals surface area contributed by atoms with Crippen LogP contribution in [0.3, 0.4) is 0 Å². The third-order valence-electron chi connectivity index (χ3n) is 4.44. The summed E-state index contributed by atoms with van der Waals surface area (Å²) in [6.07, 6.45) is -0.182. The third-order valence-corrected chi connectivity index (χ3v) is 4.72. The Hall–Kier alpha value is -3.80. The van der Waals surface area contributed by atoms with E-state index in [4.69, 9.17) is 11.6 Å². The second-order valence-corrected chi connectivity index (χ2v) is 6.91. The lowest BCUT2D eigenvalue weighted by molar-refractivity contribution is -0.143. The number of alkyl halides is 3. The Morgan fingerprint density at radius 3 is 2.50 bits per heavy atom. The van der Waals surface area contributed by atoms with Crippen LogP contribution in [-0.4, -0.2) is 35.7 Å². The molecule has 164 valence electrons. The zero-order chi connectivity index (χ0) is 23.0. The van der Waals surface area contributed by atoms with Gasteiger partial charge in [0.2, 0.25) is 0 Å². The van der Waals surface area contributed by atoms with E-state index >= 15 is 0 Å². The number of halogens is 5. The molecule has 0 spiro atoms. The first kappa shape index (κ1) is 21.4. The Morgan fingerprint density at radius 2 is 1.84 bits per heavy atom. The number of nitrogens with one attached hydrogen (secondary N) is 1. The molecule has 0 aliphatic carbocycles. The first-order valence-corrected chi connectivity index (χ1v) is 9.29. The van der Waals surface area contributed by atoms with Gasteiger partial charge in [0.1, 0.15) is 5.82 Å². The highest BCUT2D eigenvalue weighted by atomic mass is 35.5. The molecule has 3 heterocycles. The van der Waals surface area contributed by atoms with Crippen molar-refractivity contribution in [2.45, 2.75) is 13.1 Å². The van der Waals surface area contributed by atoms with Gasteiger partial charge in [-0.25, -0.2) is 14.1 Å². The molecule has 0 saturated heterocycles. The summed E-state index contributed by atoms with van der Waals surface area (Å²) in [4.78, 5) is 17.8. The van der Waals surface area contributed by atoms with Gasteiger partial charge in [0.25, 0.3) is 5.91 Å². The molecular formula is C19H12ClF4N7O. The van der Waals surface area contributed by atoms with E-state index in [1.54, 1.807) is 0 Å². The van der Waals surface area contributed by atoms with E-state index in [-0.39, 0.29) is 27.8 Å². The number of benzene rings is 1. The maximum Gasteiger partial charge on any atom is 0.434 e. The van der Waals surface area contributed by atoms with Crippen molar-refractivity contribution in [3.8, 4) is 11.5 Å². The van der Waals surface area contributed by atoms with Crippen molar-refractivity contribution >= 4 is 23.2 Å². The second kappa shape index (κ2) is 8.04. The van der Waals surface area contributed by atoms with Crippen LogP contribution in [0.4, 0.5) is 23.2 Å². The lowest BCUT2D eigenvalue weighted by atomic mass is 10.1. The molecule has 0 aliphatic heterocycles. The molecule has 1 amide bonds. The Bertz CT molecular complexity index is 1300. The van der Waals surface area contributed by atoms with E-state index in [2.05, 4.69) is 25.6 Å². The zero-order valence-corrected chi connectivity index (χ0v) is 16.9. The number of anilines is 1. The second-order valence-electron chi connectivity index (χ2n) is 6.50. The summed E-state index contributed by atoms with van der Waals surface area (Å²) in [7, 11) is 0. The molecule has 3 aromatic heterocycles. The van der Waals surface area contributed by atoms with Crippen molar-refractivity contribution in [2.24, 2.45) is 0 Å². The van der Waals surface area contributed by atoms with E-state index in [1.165, 1.54) is 43.7 Å². The lowest BCUT2D eigenvalue weighted by Crippen LogP contribution is -2.21. The standard InChI is InChI=1S/C19H12ClF4N7O/c1-10-14(21)3-2-4-15(10)30-16(19(22,23)24)12(9-28-30)18(32)29-11-7-13(20)17(25-8-11)31-26-5-6-27-31/h2-9H,1H3,(H,29,32). The molecular weight excluding hydrogens is 454 g/mol. The molecule has 0 bridgehead atoms.